The van der Waals surface area contributed by atoms with E-state index in [0.29, 0.717) is 0 Å². The largest absolute Gasteiger partial charge is 0.339 e. The molecule has 0 radical (unpaired) electrons. The molecule has 4 heteroatoms. The van der Waals surface area contributed by atoms with E-state index >= 15 is 0 Å². The Morgan fingerprint density at radius 1 is 1.75 bits per heavy atom. The SMILES string of the molecule is CC(C)C(=O)ON=N. The summed E-state index contributed by atoms with van der Waals surface area (Å²) < 4.78 is 0. The molecule has 0 saturated heterocycles. The fourth-order valence-corrected chi connectivity index (χ4v) is 0.150. The van der Waals surface area contributed by atoms with E-state index in [0.717, 1.165) is 0 Å². The maximum atomic E-state index is 10.3. The number of rotatable bonds is 2. The first-order valence-corrected chi connectivity index (χ1v) is 2.26. The van der Waals surface area contributed by atoms with Gasteiger partial charge < -0.3 is 4.84 Å². The third-order valence-corrected chi connectivity index (χ3v) is 0.607. The molecule has 0 aromatic heterocycles. The topological polar surface area (TPSA) is 62.5 Å². The maximum absolute atomic E-state index is 10.3. The van der Waals surface area contributed by atoms with E-state index < -0.39 is 5.97 Å². The van der Waals surface area contributed by atoms with Crippen molar-refractivity contribution in [2.75, 3.05) is 0 Å². The van der Waals surface area contributed by atoms with Crippen LogP contribution in [0.25, 0.3) is 0 Å². The van der Waals surface area contributed by atoms with E-state index in [4.69, 9.17) is 5.53 Å². The standard InChI is InChI=1S/C4H8N2O2/c1-3(2)4(7)8-6-5/h3,5H,1-2H3. The van der Waals surface area contributed by atoms with Crippen LogP contribution >= 0.6 is 0 Å². The Morgan fingerprint density at radius 2 is 2.25 bits per heavy atom. The van der Waals surface area contributed by atoms with Crippen LogP contribution in [0.2, 0.25) is 0 Å². The molecule has 0 atom stereocenters. The highest BCUT2D eigenvalue weighted by molar-refractivity contribution is 5.71. The molecule has 0 bridgehead atoms. The number of carbonyl (C=O) groups excluding carboxylic acids is 1. The molecular formula is C4H8N2O2. The highest BCUT2D eigenvalue weighted by Crippen LogP contribution is 1.94. The van der Waals surface area contributed by atoms with Crippen LogP contribution < -0.4 is 0 Å². The average molecular weight is 116 g/mol. The van der Waals surface area contributed by atoms with Crippen LogP contribution in [0.15, 0.2) is 5.28 Å². The van der Waals surface area contributed by atoms with Crippen molar-refractivity contribution in [1.29, 1.82) is 5.53 Å². The molecular weight excluding hydrogens is 108 g/mol. The molecule has 0 fully saturated rings. The zero-order chi connectivity index (χ0) is 6.57. The minimum Gasteiger partial charge on any atom is -0.300 e. The second kappa shape index (κ2) is 3.12. The Bertz CT molecular complexity index is 100. The van der Waals surface area contributed by atoms with Crippen LogP contribution in [0.1, 0.15) is 13.8 Å². The summed E-state index contributed by atoms with van der Waals surface area (Å²) in [5, 5.41) is 2.46. The molecule has 46 valence electrons. The van der Waals surface area contributed by atoms with Gasteiger partial charge in [0, 0.05) is 5.28 Å². The van der Waals surface area contributed by atoms with Crippen molar-refractivity contribution in [3.05, 3.63) is 0 Å². The first-order chi connectivity index (χ1) is 3.68. The Kier molecular flexibility index (Phi) is 2.76. The molecule has 0 unspecified atom stereocenters. The van der Waals surface area contributed by atoms with Crippen molar-refractivity contribution in [2.45, 2.75) is 13.8 Å². The minimum absolute atomic E-state index is 0.205. The summed E-state index contributed by atoms with van der Waals surface area (Å²) in [6.07, 6.45) is 0. The first kappa shape index (κ1) is 7.07. The van der Waals surface area contributed by atoms with E-state index in [1.807, 2.05) is 0 Å². The highest BCUT2D eigenvalue weighted by Gasteiger charge is 2.06. The number of hydrogen-bond donors (Lipinski definition) is 1. The molecule has 0 aliphatic carbocycles. The fourth-order valence-electron chi connectivity index (χ4n) is 0.150. The van der Waals surface area contributed by atoms with Gasteiger partial charge in [0.05, 0.1) is 5.92 Å². The Balaban J connectivity index is 3.48. The molecule has 0 spiro atoms. The van der Waals surface area contributed by atoms with Gasteiger partial charge in [-0.2, -0.15) is 5.53 Å². The summed E-state index contributed by atoms with van der Waals surface area (Å²) >= 11 is 0. The maximum Gasteiger partial charge on any atom is 0.339 e. The van der Waals surface area contributed by atoms with Gasteiger partial charge in [-0.3, -0.25) is 0 Å². The molecule has 0 amide bonds. The van der Waals surface area contributed by atoms with Gasteiger partial charge in [0.1, 0.15) is 0 Å². The lowest BCUT2D eigenvalue weighted by Gasteiger charge is -1.95. The van der Waals surface area contributed by atoms with Gasteiger partial charge in [-0.05, 0) is 0 Å². The summed E-state index contributed by atoms with van der Waals surface area (Å²) in [7, 11) is 0. The molecule has 4 nitrogen and oxygen atoms in total. The predicted octanol–water partition coefficient (Wildman–Crippen LogP) is 1.13. The van der Waals surface area contributed by atoms with E-state index in [2.05, 4.69) is 10.1 Å². The van der Waals surface area contributed by atoms with Gasteiger partial charge in [-0.15, -0.1) is 0 Å². The highest BCUT2D eigenvalue weighted by atomic mass is 16.7. The first-order valence-electron chi connectivity index (χ1n) is 2.26. The van der Waals surface area contributed by atoms with Gasteiger partial charge >= 0.3 is 5.97 Å². The van der Waals surface area contributed by atoms with E-state index in [9.17, 15) is 4.79 Å². The smallest absolute Gasteiger partial charge is 0.300 e. The summed E-state index contributed by atoms with van der Waals surface area (Å²) in [5.41, 5.74) is 6.11. The quantitative estimate of drug-likeness (QED) is 0.434. The van der Waals surface area contributed by atoms with Gasteiger partial charge in [0.15, 0.2) is 0 Å². The summed E-state index contributed by atoms with van der Waals surface area (Å²) in [6, 6.07) is 0. The normalized spacial score (nSPS) is 8.88. The van der Waals surface area contributed by atoms with E-state index in [-0.39, 0.29) is 5.92 Å². The second-order valence-electron chi connectivity index (χ2n) is 1.66. The number of hydrogen-bond acceptors (Lipinski definition) is 4. The number of nitrogens with one attached hydrogen (secondary N) is 1. The second-order valence-corrected chi connectivity index (χ2v) is 1.66. The van der Waals surface area contributed by atoms with Crippen molar-refractivity contribution in [3.8, 4) is 0 Å². The lowest BCUT2D eigenvalue weighted by molar-refractivity contribution is -0.148. The van der Waals surface area contributed by atoms with Crippen LogP contribution in [-0.4, -0.2) is 5.97 Å². The van der Waals surface area contributed by atoms with Gasteiger partial charge in [0.2, 0.25) is 0 Å². The third-order valence-electron chi connectivity index (χ3n) is 0.607. The van der Waals surface area contributed by atoms with Crippen molar-refractivity contribution >= 4 is 5.97 Å². The predicted molar refractivity (Wildman–Crippen MR) is 26.1 cm³/mol. The van der Waals surface area contributed by atoms with Crippen molar-refractivity contribution < 1.29 is 9.63 Å². The molecule has 0 saturated carbocycles. The molecule has 1 N–H and O–H groups in total. The van der Waals surface area contributed by atoms with Crippen molar-refractivity contribution in [3.63, 3.8) is 0 Å². The van der Waals surface area contributed by atoms with E-state index in [1.165, 1.54) is 0 Å². The molecule has 0 aliphatic rings. The Labute approximate surface area is 47.3 Å². The monoisotopic (exact) mass is 116 g/mol. The lowest BCUT2D eigenvalue weighted by Crippen LogP contribution is -2.07. The molecule has 0 aromatic rings. The van der Waals surface area contributed by atoms with Crippen molar-refractivity contribution in [1.82, 2.24) is 0 Å². The van der Waals surface area contributed by atoms with Crippen LogP contribution in [-0.2, 0) is 9.63 Å². The van der Waals surface area contributed by atoms with Crippen LogP contribution in [0.4, 0.5) is 0 Å². The fraction of sp³-hybridized carbons (Fsp3) is 0.750. The minimum atomic E-state index is -0.472. The summed E-state index contributed by atoms with van der Waals surface area (Å²) in [6.45, 7) is 3.35. The zero-order valence-corrected chi connectivity index (χ0v) is 4.84. The van der Waals surface area contributed by atoms with Gasteiger partial charge in [-0.25, -0.2) is 4.79 Å². The zero-order valence-electron chi connectivity index (χ0n) is 4.84. The summed E-state index contributed by atoms with van der Waals surface area (Å²) in [5.74, 6) is -0.677. The van der Waals surface area contributed by atoms with Crippen molar-refractivity contribution in [2.24, 2.45) is 11.2 Å². The Hall–Kier alpha value is -0.930. The van der Waals surface area contributed by atoms with Gasteiger partial charge in [0.25, 0.3) is 0 Å². The van der Waals surface area contributed by atoms with Gasteiger partial charge in [-0.1, -0.05) is 13.8 Å². The molecule has 0 heterocycles. The molecule has 0 rings (SSSR count). The molecule has 0 aromatic carbocycles. The lowest BCUT2D eigenvalue weighted by atomic mass is 10.2. The number of carbonyl (C=O) groups is 1. The number of nitrogens with zero attached hydrogens (tertiary/aromatic N) is 1. The average Bonchev–Trinajstić information content (AvgIpc) is 1.67. The van der Waals surface area contributed by atoms with Crippen LogP contribution in [0, 0.1) is 11.4 Å². The Morgan fingerprint density at radius 3 is 2.38 bits per heavy atom. The van der Waals surface area contributed by atoms with E-state index in [1.54, 1.807) is 13.8 Å². The van der Waals surface area contributed by atoms with Crippen LogP contribution in [0.3, 0.4) is 0 Å². The third kappa shape index (κ3) is 2.28. The molecule has 0 aliphatic heterocycles. The van der Waals surface area contributed by atoms with Crippen LogP contribution in [0.5, 0.6) is 0 Å². The molecule has 8 heavy (non-hydrogen) atoms. The summed E-state index contributed by atoms with van der Waals surface area (Å²) in [4.78, 5) is 14.3.